The number of hydrogen-bond acceptors (Lipinski definition) is 2. The van der Waals surface area contributed by atoms with Gasteiger partial charge in [-0.3, -0.25) is 15.2 Å². The molecular weight excluding hydrogens is 200 g/mol. The highest BCUT2D eigenvalue weighted by molar-refractivity contribution is 5.85. The first-order chi connectivity index (χ1) is 7.86. The summed E-state index contributed by atoms with van der Waals surface area (Å²) in [6, 6.07) is 10.5. The van der Waals surface area contributed by atoms with Crippen molar-refractivity contribution in [2.45, 2.75) is 31.7 Å². The minimum absolute atomic E-state index is 0.202. The number of rotatable bonds is 1. The summed E-state index contributed by atoms with van der Waals surface area (Å²) in [5.41, 5.74) is 4.11. The third-order valence-electron chi connectivity index (χ3n) is 3.66. The van der Waals surface area contributed by atoms with Crippen molar-refractivity contribution in [3.63, 3.8) is 0 Å². The van der Waals surface area contributed by atoms with Crippen molar-refractivity contribution in [3.05, 3.63) is 30.3 Å². The van der Waals surface area contributed by atoms with Crippen LogP contribution in [0, 0.1) is 5.92 Å². The summed E-state index contributed by atoms with van der Waals surface area (Å²) >= 11 is 0. The van der Waals surface area contributed by atoms with E-state index < -0.39 is 0 Å². The fourth-order valence-corrected chi connectivity index (χ4v) is 2.86. The number of anilines is 1. The zero-order valence-electron chi connectivity index (χ0n) is 9.23. The molecule has 1 saturated heterocycles. The normalized spacial score (nSPS) is 28.8. The number of carbonyl (C=O) groups is 1. The fraction of sp³-hybridized carbons (Fsp3) is 0.462. The second kappa shape index (κ2) is 3.81. The maximum Gasteiger partial charge on any atom is 0.243 e. The number of hydrogen-bond donors (Lipinski definition) is 1. The van der Waals surface area contributed by atoms with Crippen LogP contribution in [0.1, 0.15) is 25.7 Å². The Morgan fingerprint density at radius 1 is 1.12 bits per heavy atom. The van der Waals surface area contributed by atoms with Crippen LogP contribution in [0.5, 0.6) is 0 Å². The number of hydrazine groups is 1. The molecule has 1 aliphatic carbocycles. The lowest BCUT2D eigenvalue weighted by molar-refractivity contribution is -0.123. The summed E-state index contributed by atoms with van der Waals surface area (Å²) in [6.07, 6.45) is 4.59. The van der Waals surface area contributed by atoms with Gasteiger partial charge in [0.15, 0.2) is 0 Å². The molecule has 16 heavy (non-hydrogen) atoms. The highest BCUT2D eigenvalue weighted by atomic mass is 16.2. The van der Waals surface area contributed by atoms with Crippen LogP contribution >= 0.6 is 0 Å². The van der Waals surface area contributed by atoms with E-state index in [2.05, 4.69) is 22.6 Å². The van der Waals surface area contributed by atoms with Gasteiger partial charge >= 0.3 is 0 Å². The summed E-state index contributed by atoms with van der Waals surface area (Å²) in [6.45, 7) is 0. The summed E-state index contributed by atoms with van der Waals surface area (Å²) in [5.74, 6) is 0.405. The van der Waals surface area contributed by atoms with Gasteiger partial charge in [-0.15, -0.1) is 0 Å². The Morgan fingerprint density at radius 3 is 2.69 bits per heavy atom. The molecule has 0 bridgehead atoms. The molecule has 2 unspecified atom stereocenters. The van der Waals surface area contributed by atoms with Gasteiger partial charge < -0.3 is 0 Å². The molecule has 2 fully saturated rings. The van der Waals surface area contributed by atoms with Crippen LogP contribution in [0.4, 0.5) is 5.69 Å². The van der Waals surface area contributed by atoms with Crippen LogP contribution in [0.2, 0.25) is 0 Å². The van der Waals surface area contributed by atoms with Gasteiger partial charge in [0.05, 0.1) is 17.6 Å². The molecule has 0 aromatic heterocycles. The number of para-hydroxylation sites is 1. The quantitative estimate of drug-likeness (QED) is 0.779. The summed E-state index contributed by atoms with van der Waals surface area (Å²) in [4.78, 5) is 11.8. The molecule has 3 nitrogen and oxygen atoms in total. The zero-order valence-corrected chi connectivity index (χ0v) is 9.23. The van der Waals surface area contributed by atoms with Crippen LogP contribution in [0.3, 0.4) is 0 Å². The van der Waals surface area contributed by atoms with Gasteiger partial charge in [-0.2, -0.15) is 0 Å². The van der Waals surface area contributed by atoms with Crippen molar-refractivity contribution in [3.8, 4) is 0 Å². The number of nitrogens with zero attached hydrogens (tertiary/aromatic N) is 1. The third-order valence-corrected chi connectivity index (χ3v) is 3.66. The second-order valence-corrected chi connectivity index (χ2v) is 4.64. The van der Waals surface area contributed by atoms with E-state index >= 15 is 0 Å². The molecule has 84 valence electrons. The molecule has 2 atom stereocenters. The second-order valence-electron chi connectivity index (χ2n) is 4.64. The van der Waals surface area contributed by atoms with Crippen molar-refractivity contribution < 1.29 is 4.79 Å². The van der Waals surface area contributed by atoms with E-state index in [4.69, 9.17) is 0 Å². The SMILES string of the molecule is O=C1NN(c2ccccc2)C2CCCCC12. The van der Waals surface area contributed by atoms with Gasteiger partial charge in [0.25, 0.3) is 0 Å². The van der Waals surface area contributed by atoms with E-state index in [1.807, 2.05) is 18.2 Å². The van der Waals surface area contributed by atoms with Crippen molar-refractivity contribution in [1.82, 2.24) is 5.43 Å². The van der Waals surface area contributed by atoms with Gasteiger partial charge in [0.1, 0.15) is 0 Å². The molecule has 1 aromatic carbocycles. The molecule has 3 heteroatoms. The Balaban J connectivity index is 1.89. The van der Waals surface area contributed by atoms with Crippen LogP contribution in [-0.4, -0.2) is 11.9 Å². The number of carbonyl (C=O) groups excluding carboxylic acids is 1. The number of fused-ring (bicyclic) bond motifs is 1. The van der Waals surface area contributed by atoms with Crippen LogP contribution in [0.15, 0.2) is 30.3 Å². The topological polar surface area (TPSA) is 32.3 Å². The number of nitrogens with one attached hydrogen (secondary N) is 1. The van der Waals surface area contributed by atoms with E-state index in [0.717, 1.165) is 18.5 Å². The Morgan fingerprint density at radius 2 is 1.88 bits per heavy atom. The van der Waals surface area contributed by atoms with Gasteiger partial charge in [-0.05, 0) is 25.0 Å². The fourth-order valence-electron chi connectivity index (χ4n) is 2.86. The molecule has 1 amide bonds. The lowest BCUT2D eigenvalue weighted by Gasteiger charge is -2.30. The smallest absolute Gasteiger partial charge is 0.243 e. The van der Waals surface area contributed by atoms with Crippen LogP contribution in [-0.2, 0) is 4.79 Å². The first kappa shape index (κ1) is 9.70. The predicted molar refractivity (Wildman–Crippen MR) is 62.8 cm³/mol. The zero-order chi connectivity index (χ0) is 11.0. The molecule has 1 N–H and O–H groups in total. The van der Waals surface area contributed by atoms with E-state index in [-0.39, 0.29) is 11.8 Å². The molecule has 1 aromatic rings. The molecule has 0 radical (unpaired) electrons. The molecule has 1 aliphatic heterocycles. The minimum atomic E-state index is 0.202. The highest BCUT2D eigenvalue weighted by Gasteiger charge is 2.41. The van der Waals surface area contributed by atoms with Gasteiger partial charge in [0, 0.05) is 0 Å². The monoisotopic (exact) mass is 216 g/mol. The van der Waals surface area contributed by atoms with E-state index in [9.17, 15) is 4.79 Å². The predicted octanol–water partition coefficient (Wildman–Crippen LogP) is 2.10. The molecule has 3 rings (SSSR count). The van der Waals surface area contributed by atoms with Crippen molar-refractivity contribution in [2.24, 2.45) is 5.92 Å². The average molecular weight is 216 g/mol. The van der Waals surface area contributed by atoms with Gasteiger partial charge in [0.2, 0.25) is 5.91 Å². The Labute approximate surface area is 95.4 Å². The van der Waals surface area contributed by atoms with E-state index in [0.29, 0.717) is 6.04 Å². The first-order valence-electron chi connectivity index (χ1n) is 6.01. The molecule has 2 aliphatic rings. The van der Waals surface area contributed by atoms with Crippen LogP contribution < -0.4 is 10.4 Å². The lowest BCUT2D eigenvalue weighted by atomic mass is 9.85. The van der Waals surface area contributed by atoms with E-state index in [1.165, 1.54) is 12.8 Å². The Kier molecular flexibility index (Phi) is 2.31. The average Bonchev–Trinajstić information content (AvgIpc) is 2.69. The van der Waals surface area contributed by atoms with Gasteiger partial charge in [-0.1, -0.05) is 31.0 Å². The highest BCUT2D eigenvalue weighted by Crippen LogP contribution is 2.34. The maximum absolute atomic E-state index is 11.8. The molecule has 0 spiro atoms. The number of amides is 1. The van der Waals surface area contributed by atoms with Gasteiger partial charge in [-0.25, -0.2) is 0 Å². The Bertz CT molecular complexity index is 390. The van der Waals surface area contributed by atoms with E-state index in [1.54, 1.807) is 0 Å². The maximum atomic E-state index is 11.8. The standard InChI is InChI=1S/C13H16N2O/c16-13-11-8-4-5-9-12(11)15(14-13)10-6-2-1-3-7-10/h1-3,6-7,11-12H,4-5,8-9H2,(H,14,16). The first-order valence-corrected chi connectivity index (χ1v) is 6.01. The summed E-state index contributed by atoms with van der Waals surface area (Å²) in [5, 5.41) is 2.06. The number of benzene rings is 1. The molecular formula is C13H16N2O. The van der Waals surface area contributed by atoms with Crippen molar-refractivity contribution in [2.75, 3.05) is 5.01 Å². The third kappa shape index (κ3) is 1.47. The molecule has 1 saturated carbocycles. The summed E-state index contributed by atoms with van der Waals surface area (Å²) < 4.78 is 0. The van der Waals surface area contributed by atoms with Crippen molar-refractivity contribution in [1.29, 1.82) is 0 Å². The Hall–Kier alpha value is -1.51. The minimum Gasteiger partial charge on any atom is -0.282 e. The van der Waals surface area contributed by atoms with Crippen molar-refractivity contribution >= 4 is 11.6 Å². The summed E-state index contributed by atoms with van der Waals surface area (Å²) in [7, 11) is 0. The van der Waals surface area contributed by atoms with Crippen LogP contribution in [0.25, 0.3) is 0 Å². The lowest BCUT2D eigenvalue weighted by Crippen LogP contribution is -2.39. The molecule has 1 heterocycles. The largest absolute Gasteiger partial charge is 0.282 e.